The first-order chi connectivity index (χ1) is 13.5. The van der Waals surface area contributed by atoms with Crippen LogP contribution in [0.15, 0.2) is 36.5 Å². The van der Waals surface area contributed by atoms with E-state index < -0.39 is 6.43 Å². The van der Waals surface area contributed by atoms with Crippen molar-refractivity contribution in [1.82, 2.24) is 15.0 Å². The van der Waals surface area contributed by atoms with Crippen LogP contribution in [-0.2, 0) is 4.79 Å². The predicted octanol–water partition coefficient (Wildman–Crippen LogP) is 4.06. The number of alkyl halides is 2. The molecule has 0 aliphatic carbocycles. The number of hydrogen-bond donors (Lipinski definition) is 2. The van der Waals surface area contributed by atoms with Crippen molar-refractivity contribution in [3.63, 3.8) is 0 Å². The van der Waals surface area contributed by atoms with Crippen LogP contribution in [0, 0.1) is 12.8 Å². The second kappa shape index (κ2) is 7.53. The van der Waals surface area contributed by atoms with E-state index in [1.165, 1.54) is 0 Å². The van der Waals surface area contributed by atoms with Crippen LogP contribution >= 0.6 is 0 Å². The zero-order chi connectivity index (χ0) is 19.7. The number of rotatable bonds is 4. The van der Waals surface area contributed by atoms with Gasteiger partial charge in [-0.3, -0.25) is 4.79 Å². The van der Waals surface area contributed by atoms with E-state index in [2.05, 4.69) is 25.2 Å². The number of aromatic nitrogens is 3. The summed E-state index contributed by atoms with van der Waals surface area (Å²) in [5.41, 5.74) is 2.62. The van der Waals surface area contributed by atoms with Crippen molar-refractivity contribution in [1.29, 1.82) is 0 Å². The molecule has 0 atom stereocenters. The van der Waals surface area contributed by atoms with Gasteiger partial charge >= 0.3 is 0 Å². The lowest BCUT2D eigenvalue weighted by atomic mass is 9.95. The van der Waals surface area contributed by atoms with Crippen molar-refractivity contribution in [3.05, 3.63) is 47.9 Å². The van der Waals surface area contributed by atoms with Crippen molar-refractivity contribution < 1.29 is 13.6 Å². The number of piperidine rings is 1. The number of anilines is 2. The first kappa shape index (κ1) is 18.3. The predicted molar refractivity (Wildman–Crippen MR) is 104 cm³/mol. The molecule has 28 heavy (non-hydrogen) atoms. The Kier molecular flexibility index (Phi) is 4.93. The monoisotopic (exact) mass is 385 g/mol. The van der Waals surface area contributed by atoms with Gasteiger partial charge in [-0.15, -0.1) is 0 Å². The molecule has 0 unspecified atom stereocenters. The number of imidazole rings is 1. The first-order valence-corrected chi connectivity index (χ1v) is 9.26. The summed E-state index contributed by atoms with van der Waals surface area (Å²) in [6.45, 7) is 3.54. The van der Waals surface area contributed by atoms with Gasteiger partial charge in [-0.05, 0) is 49.6 Å². The molecule has 8 heteroatoms. The summed E-state index contributed by atoms with van der Waals surface area (Å²) in [6, 6.07) is 8.98. The summed E-state index contributed by atoms with van der Waals surface area (Å²) in [5, 5.41) is 2.90. The van der Waals surface area contributed by atoms with Crippen LogP contribution in [0.4, 0.5) is 20.3 Å². The third kappa shape index (κ3) is 3.81. The number of aryl methyl sites for hydroxylation is 1. The number of carbonyl (C=O) groups is 1. The Morgan fingerprint density at radius 1 is 1.25 bits per heavy atom. The molecule has 3 aromatic rings. The third-order valence-corrected chi connectivity index (χ3v) is 5.06. The van der Waals surface area contributed by atoms with Gasteiger partial charge in [0, 0.05) is 30.9 Å². The number of H-pyrrole nitrogens is 1. The van der Waals surface area contributed by atoms with Crippen molar-refractivity contribution >= 4 is 28.4 Å². The molecule has 0 radical (unpaired) electrons. The maximum absolute atomic E-state index is 12.8. The van der Waals surface area contributed by atoms with Gasteiger partial charge in [-0.25, -0.2) is 18.7 Å². The van der Waals surface area contributed by atoms with Gasteiger partial charge in [0.05, 0.1) is 11.0 Å². The van der Waals surface area contributed by atoms with E-state index in [4.69, 9.17) is 0 Å². The fourth-order valence-corrected chi connectivity index (χ4v) is 3.47. The van der Waals surface area contributed by atoms with E-state index >= 15 is 0 Å². The lowest BCUT2D eigenvalue weighted by molar-refractivity contribution is -0.120. The first-order valence-electron chi connectivity index (χ1n) is 9.26. The Morgan fingerprint density at radius 3 is 2.71 bits per heavy atom. The van der Waals surface area contributed by atoms with Crippen LogP contribution in [0.25, 0.3) is 11.0 Å². The Morgan fingerprint density at radius 2 is 2.04 bits per heavy atom. The van der Waals surface area contributed by atoms with E-state index in [0.717, 1.165) is 37.3 Å². The average Bonchev–Trinajstić information content (AvgIpc) is 3.12. The highest BCUT2D eigenvalue weighted by molar-refractivity contribution is 5.94. The molecule has 1 aliphatic rings. The molecule has 3 heterocycles. The molecule has 1 aromatic carbocycles. The van der Waals surface area contributed by atoms with E-state index in [1.54, 1.807) is 18.2 Å². The summed E-state index contributed by atoms with van der Waals surface area (Å²) >= 11 is 0. The van der Waals surface area contributed by atoms with E-state index in [9.17, 15) is 13.6 Å². The second-order valence-corrected chi connectivity index (χ2v) is 7.10. The summed E-state index contributed by atoms with van der Waals surface area (Å²) in [7, 11) is 0. The van der Waals surface area contributed by atoms with Gasteiger partial charge in [0.15, 0.2) is 5.82 Å². The standard InChI is InChI=1S/C20H21F2N5O/c1-12-2-5-17(23-11-12)27-8-6-13(7-9-27)20(28)24-14-3-4-15-16(10-14)26-19(25-15)18(21)22/h2-5,10-11,13,18H,6-9H2,1H3,(H,24,28)(H,25,26). The molecule has 4 rings (SSSR count). The number of nitrogens with one attached hydrogen (secondary N) is 2. The van der Waals surface area contributed by atoms with Gasteiger partial charge in [-0.2, -0.15) is 0 Å². The molecule has 146 valence electrons. The molecular weight excluding hydrogens is 364 g/mol. The fraction of sp³-hybridized carbons (Fsp3) is 0.350. The van der Waals surface area contributed by atoms with E-state index in [-0.39, 0.29) is 17.6 Å². The molecular formula is C20H21F2N5O. The van der Waals surface area contributed by atoms with Gasteiger partial charge in [0.25, 0.3) is 6.43 Å². The van der Waals surface area contributed by atoms with Crippen LogP contribution in [0.3, 0.4) is 0 Å². The highest BCUT2D eigenvalue weighted by Gasteiger charge is 2.25. The SMILES string of the molecule is Cc1ccc(N2CCC(C(=O)Nc3ccc4nc(C(F)F)[nH]c4c3)CC2)nc1. The Hall–Kier alpha value is -3.03. The summed E-state index contributed by atoms with van der Waals surface area (Å²) in [5.74, 6) is 0.430. The number of halogens is 2. The molecule has 1 aliphatic heterocycles. The normalized spacial score (nSPS) is 15.4. The number of nitrogens with zero attached hydrogens (tertiary/aromatic N) is 3. The molecule has 0 spiro atoms. The van der Waals surface area contributed by atoms with Crippen molar-refractivity contribution in [3.8, 4) is 0 Å². The van der Waals surface area contributed by atoms with E-state index in [1.807, 2.05) is 25.3 Å². The van der Waals surface area contributed by atoms with Crippen molar-refractivity contribution in [2.24, 2.45) is 5.92 Å². The molecule has 2 aromatic heterocycles. The van der Waals surface area contributed by atoms with Crippen LogP contribution in [-0.4, -0.2) is 33.9 Å². The fourth-order valence-electron chi connectivity index (χ4n) is 3.47. The third-order valence-electron chi connectivity index (χ3n) is 5.06. The van der Waals surface area contributed by atoms with Crippen LogP contribution in [0.5, 0.6) is 0 Å². The number of hydrogen-bond acceptors (Lipinski definition) is 4. The zero-order valence-electron chi connectivity index (χ0n) is 15.5. The highest BCUT2D eigenvalue weighted by atomic mass is 19.3. The maximum Gasteiger partial charge on any atom is 0.295 e. The summed E-state index contributed by atoms with van der Waals surface area (Å²) in [4.78, 5) is 25.7. The molecule has 6 nitrogen and oxygen atoms in total. The Balaban J connectivity index is 1.37. The highest BCUT2D eigenvalue weighted by Crippen LogP contribution is 2.25. The van der Waals surface area contributed by atoms with Crippen molar-refractivity contribution in [2.75, 3.05) is 23.3 Å². The van der Waals surface area contributed by atoms with Crippen LogP contribution < -0.4 is 10.2 Å². The molecule has 2 N–H and O–H groups in total. The second-order valence-electron chi connectivity index (χ2n) is 7.10. The zero-order valence-corrected chi connectivity index (χ0v) is 15.5. The van der Waals surface area contributed by atoms with Gasteiger partial charge in [0.2, 0.25) is 5.91 Å². The minimum atomic E-state index is -2.65. The van der Waals surface area contributed by atoms with Crippen molar-refractivity contribution in [2.45, 2.75) is 26.2 Å². The minimum Gasteiger partial charge on any atom is -0.357 e. The lowest BCUT2D eigenvalue weighted by Gasteiger charge is -2.32. The molecule has 0 bridgehead atoms. The van der Waals surface area contributed by atoms with Crippen LogP contribution in [0.2, 0.25) is 0 Å². The van der Waals surface area contributed by atoms with Gasteiger partial charge < -0.3 is 15.2 Å². The molecule has 1 fully saturated rings. The summed E-state index contributed by atoms with van der Waals surface area (Å²) < 4.78 is 25.5. The number of pyridine rings is 1. The molecule has 1 amide bonds. The quantitative estimate of drug-likeness (QED) is 0.710. The number of benzene rings is 1. The Bertz CT molecular complexity index is 978. The number of fused-ring (bicyclic) bond motifs is 1. The average molecular weight is 385 g/mol. The maximum atomic E-state index is 12.8. The topological polar surface area (TPSA) is 73.9 Å². The largest absolute Gasteiger partial charge is 0.357 e. The minimum absolute atomic E-state index is 0.0514. The number of carbonyl (C=O) groups excluding carboxylic acids is 1. The number of amides is 1. The molecule has 0 saturated carbocycles. The lowest BCUT2D eigenvalue weighted by Crippen LogP contribution is -2.38. The molecule has 1 saturated heterocycles. The number of aromatic amines is 1. The van der Waals surface area contributed by atoms with E-state index in [0.29, 0.717) is 16.7 Å². The van der Waals surface area contributed by atoms with Crippen LogP contribution in [0.1, 0.15) is 30.7 Å². The van der Waals surface area contributed by atoms with Gasteiger partial charge in [-0.1, -0.05) is 6.07 Å². The van der Waals surface area contributed by atoms with Gasteiger partial charge in [0.1, 0.15) is 5.82 Å². The Labute approximate surface area is 161 Å². The smallest absolute Gasteiger partial charge is 0.295 e. The summed E-state index contributed by atoms with van der Waals surface area (Å²) in [6.07, 6.45) is 0.671.